The third kappa shape index (κ3) is 9.47. The van der Waals surface area contributed by atoms with Crippen molar-refractivity contribution < 1.29 is 10.0 Å². The Morgan fingerprint density at radius 1 is 1.25 bits per heavy atom. The van der Waals surface area contributed by atoms with Crippen molar-refractivity contribution in [1.82, 2.24) is 0 Å². The minimum atomic E-state index is -0.750. The molecule has 4 heteroatoms. The van der Waals surface area contributed by atoms with Crippen LogP contribution >= 0.6 is 0 Å². The molecule has 0 heterocycles. The predicted molar refractivity (Wildman–Crippen MR) is 18.7 cm³/mol. The average Bonchev–Trinajstić information content (AvgIpc) is 0.918. The SMILES string of the molecule is OBO.[KH]. The van der Waals surface area contributed by atoms with Gasteiger partial charge in [-0.3, -0.25) is 0 Å². The van der Waals surface area contributed by atoms with Crippen LogP contribution < -0.4 is 0 Å². The molecule has 2 nitrogen and oxygen atoms in total. The first-order valence-corrected chi connectivity index (χ1v) is 0.632. The third-order valence-electron chi connectivity index (χ3n) is 0. The van der Waals surface area contributed by atoms with Gasteiger partial charge in [0.25, 0.3) is 0 Å². The fraction of sp³-hybridized carbons (Fsp3) is 0. The quantitative estimate of drug-likeness (QED) is 0.322. The molecule has 0 aliphatic rings. The molecule has 2 N–H and O–H groups in total. The van der Waals surface area contributed by atoms with Crippen molar-refractivity contribution in [3.05, 3.63) is 0 Å². The molecule has 0 fully saturated rings. The fourth-order valence-electron chi connectivity index (χ4n) is 0. The second-order valence-electron chi connectivity index (χ2n) is 0.141. The van der Waals surface area contributed by atoms with Crippen LogP contribution in [0.1, 0.15) is 0 Å². The molecule has 0 unspecified atom stereocenters. The molecule has 0 rings (SSSR count). The van der Waals surface area contributed by atoms with Gasteiger partial charge in [0.05, 0.1) is 0 Å². The van der Waals surface area contributed by atoms with E-state index in [0.29, 0.717) is 0 Å². The van der Waals surface area contributed by atoms with Crippen LogP contribution in [0.3, 0.4) is 0 Å². The van der Waals surface area contributed by atoms with E-state index < -0.39 is 7.69 Å². The fourth-order valence-corrected chi connectivity index (χ4v) is 0. The van der Waals surface area contributed by atoms with Crippen molar-refractivity contribution in [1.29, 1.82) is 0 Å². The predicted octanol–water partition coefficient (Wildman–Crippen LogP) is -2.41. The molecule has 0 aromatic rings. The Morgan fingerprint density at radius 2 is 1.25 bits per heavy atom. The van der Waals surface area contributed by atoms with Crippen LogP contribution in [0.15, 0.2) is 0 Å². The molecule has 0 amide bonds. The first-order chi connectivity index (χ1) is 1.41. The minimum absolute atomic E-state index is 0. The van der Waals surface area contributed by atoms with Crippen molar-refractivity contribution in [3.63, 3.8) is 0 Å². The van der Waals surface area contributed by atoms with Crippen LogP contribution in [0.2, 0.25) is 0 Å². The van der Waals surface area contributed by atoms with E-state index in [1.54, 1.807) is 0 Å². The van der Waals surface area contributed by atoms with Crippen molar-refractivity contribution in [3.8, 4) is 0 Å². The molecule has 20 valence electrons. The second kappa shape index (κ2) is 8.82. The molecule has 0 spiro atoms. The van der Waals surface area contributed by atoms with E-state index in [4.69, 9.17) is 10.0 Å². The maximum atomic E-state index is 7.12. The monoisotopic (exact) mass is 86.0 g/mol. The van der Waals surface area contributed by atoms with Crippen LogP contribution in [-0.4, -0.2) is 69.1 Å². The molecule has 0 aliphatic heterocycles. The number of hydrogen-bond donors (Lipinski definition) is 2. The first-order valence-electron chi connectivity index (χ1n) is 0.632. The Bertz CT molecular complexity index is 6.00. The summed E-state index contributed by atoms with van der Waals surface area (Å²) in [5.41, 5.74) is 0. The third-order valence-corrected chi connectivity index (χ3v) is 0. The Kier molecular flexibility index (Phi) is 20.2. The summed E-state index contributed by atoms with van der Waals surface area (Å²) < 4.78 is 0. The number of rotatable bonds is 0. The Hall–Kier alpha value is 1.62. The molecule has 0 saturated heterocycles. The molecular formula is H4BKO2. The van der Waals surface area contributed by atoms with Gasteiger partial charge in [0.2, 0.25) is 0 Å². The first kappa shape index (κ1) is 9.15. The zero-order valence-electron chi connectivity index (χ0n) is 1.60. The molecule has 0 saturated carbocycles. The molecule has 0 aromatic heterocycles. The van der Waals surface area contributed by atoms with Crippen molar-refractivity contribution in [2.24, 2.45) is 0 Å². The summed E-state index contributed by atoms with van der Waals surface area (Å²) >= 11 is 0. The van der Waals surface area contributed by atoms with E-state index in [2.05, 4.69) is 0 Å². The van der Waals surface area contributed by atoms with Crippen LogP contribution in [0, 0.1) is 0 Å². The van der Waals surface area contributed by atoms with E-state index in [-0.39, 0.29) is 51.4 Å². The summed E-state index contributed by atoms with van der Waals surface area (Å²) in [6, 6.07) is 0. The Morgan fingerprint density at radius 3 is 1.25 bits per heavy atom. The molecule has 4 heavy (non-hydrogen) atoms. The van der Waals surface area contributed by atoms with E-state index in [1.807, 2.05) is 0 Å². The van der Waals surface area contributed by atoms with E-state index in [1.165, 1.54) is 0 Å². The van der Waals surface area contributed by atoms with Gasteiger partial charge < -0.3 is 10.0 Å². The van der Waals surface area contributed by atoms with Crippen molar-refractivity contribution in [2.75, 3.05) is 0 Å². The van der Waals surface area contributed by atoms with Crippen LogP contribution in [0.4, 0.5) is 0 Å². The van der Waals surface area contributed by atoms with E-state index in [9.17, 15) is 0 Å². The zero-order chi connectivity index (χ0) is 2.71. The van der Waals surface area contributed by atoms with E-state index >= 15 is 0 Å². The summed E-state index contributed by atoms with van der Waals surface area (Å²) in [6.07, 6.45) is 0. The summed E-state index contributed by atoms with van der Waals surface area (Å²) in [6.45, 7) is 0. The normalized spacial score (nSPS) is 3.50. The van der Waals surface area contributed by atoms with Gasteiger partial charge in [0, 0.05) is 0 Å². The summed E-state index contributed by atoms with van der Waals surface area (Å²) in [5.74, 6) is 0. The van der Waals surface area contributed by atoms with Crippen LogP contribution in [-0.2, 0) is 0 Å². The topological polar surface area (TPSA) is 40.5 Å². The van der Waals surface area contributed by atoms with Gasteiger partial charge in [-0.15, -0.1) is 0 Å². The second-order valence-corrected chi connectivity index (χ2v) is 0.141. The molecule has 0 atom stereocenters. The summed E-state index contributed by atoms with van der Waals surface area (Å²) in [5, 5.41) is 14.2. The van der Waals surface area contributed by atoms with Crippen molar-refractivity contribution >= 4 is 59.1 Å². The van der Waals surface area contributed by atoms with Gasteiger partial charge in [-0.25, -0.2) is 0 Å². The summed E-state index contributed by atoms with van der Waals surface area (Å²) in [7, 11) is -0.750. The van der Waals surface area contributed by atoms with E-state index in [0.717, 1.165) is 0 Å². The molecule has 0 radical (unpaired) electrons. The van der Waals surface area contributed by atoms with Gasteiger partial charge in [0.15, 0.2) is 0 Å². The standard InChI is InChI=1S/BH3O2.K.H/c2-1-3;;/h1-3H;;. The van der Waals surface area contributed by atoms with Gasteiger partial charge >= 0.3 is 59.1 Å². The Balaban J connectivity index is 0. The van der Waals surface area contributed by atoms with Crippen molar-refractivity contribution in [2.45, 2.75) is 0 Å². The zero-order valence-corrected chi connectivity index (χ0v) is 1.60. The van der Waals surface area contributed by atoms with Gasteiger partial charge in [0.1, 0.15) is 0 Å². The number of hydrogen-bond acceptors (Lipinski definition) is 2. The summed E-state index contributed by atoms with van der Waals surface area (Å²) in [4.78, 5) is 0. The molecule has 0 bridgehead atoms. The molecule has 0 aromatic carbocycles. The Labute approximate surface area is 67.9 Å². The molecular weight excluding hydrogens is 81.9 g/mol. The van der Waals surface area contributed by atoms with Crippen LogP contribution in [0.25, 0.3) is 0 Å². The van der Waals surface area contributed by atoms with Gasteiger partial charge in [-0.2, -0.15) is 0 Å². The van der Waals surface area contributed by atoms with Gasteiger partial charge in [-0.1, -0.05) is 0 Å². The van der Waals surface area contributed by atoms with Gasteiger partial charge in [-0.05, 0) is 0 Å². The molecule has 0 aliphatic carbocycles. The average molecular weight is 85.9 g/mol. The van der Waals surface area contributed by atoms with Crippen LogP contribution in [0.5, 0.6) is 0 Å². The maximum absolute atomic E-state index is 7.12.